The Morgan fingerprint density at radius 1 is 1.17 bits per heavy atom. The molecule has 5 heteroatoms. The monoisotopic (exact) mass is 342 g/mol. The van der Waals surface area contributed by atoms with Crippen molar-refractivity contribution in [3.63, 3.8) is 0 Å². The van der Waals surface area contributed by atoms with Crippen LogP contribution in [0.1, 0.15) is 32.3 Å². The highest BCUT2D eigenvalue weighted by molar-refractivity contribution is 7.00. The van der Waals surface area contributed by atoms with Crippen molar-refractivity contribution in [3.05, 3.63) is 35.4 Å². The molecule has 3 fully saturated rings. The van der Waals surface area contributed by atoms with Crippen LogP contribution in [0.2, 0.25) is 0 Å². The minimum atomic E-state index is 0.712. The van der Waals surface area contributed by atoms with Crippen LogP contribution in [0.5, 0.6) is 0 Å². The van der Waals surface area contributed by atoms with Gasteiger partial charge in [0.1, 0.15) is 11.0 Å². The molecule has 2 aromatic rings. The molecule has 4 nitrogen and oxygen atoms in total. The van der Waals surface area contributed by atoms with Crippen molar-refractivity contribution in [1.82, 2.24) is 18.5 Å². The Hall–Kier alpha value is -1.30. The maximum atomic E-state index is 4.38. The predicted octanol–water partition coefficient (Wildman–Crippen LogP) is 3.55. The van der Waals surface area contributed by atoms with Crippen LogP contribution in [-0.4, -0.2) is 50.8 Å². The normalized spacial score (nSPS) is 25.1. The molecule has 4 heterocycles. The number of fused-ring (bicyclic) bond motifs is 5. The van der Waals surface area contributed by atoms with Crippen LogP contribution in [0.15, 0.2) is 29.8 Å². The minimum Gasteiger partial charge on any atom is -0.297 e. The zero-order valence-corrected chi connectivity index (χ0v) is 15.4. The number of benzene rings is 1. The van der Waals surface area contributed by atoms with Gasteiger partial charge in [-0.3, -0.25) is 9.80 Å². The molecule has 2 bridgehead atoms. The Morgan fingerprint density at radius 2 is 2.04 bits per heavy atom. The van der Waals surface area contributed by atoms with E-state index in [-0.39, 0.29) is 0 Å². The SMILES string of the molecule is CC(C)=CCN1C[C@@H]2CC[C@H]1CN(Cc1ccc3nsnc3c1)C2. The molecule has 3 aliphatic rings. The molecule has 2 atom stereocenters. The summed E-state index contributed by atoms with van der Waals surface area (Å²) in [5.41, 5.74) is 4.86. The van der Waals surface area contributed by atoms with E-state index >= 15 is 0 Å². The van der Waals surface area contributed by atoms with E-state index in [4.69, 9.17) is 0 Å². The second-order valence-electron chi connectivity index (χ2n) is 7.61. The number of hydrogen-bond acceptors (Lipinski definition) is 5. The number of hydrogen-bond donors (Lipinski definition) is 0. The number of nitrogens with zero attached hydrogens (tertiary/aromatic N) is 4. The van der Waals surface area contributed by atoms with Crippen LogP contribution >= 0.6 is 11.7 Å². The standard InChI is InChI=1S/C19H26N4S/c1-14(2)7-8-23-12-16-3-5-17(23)13-22(11-16)10-15-4-6-18-19(9-15)21-24-20-18/h4,6-7,9,16-17H,3,5,8,10-13H2,1-2H3/t16-,17+/m1/s1. The summed E-state index contributed by atoms with van der Waals surface area (Å²) in [6, 6.07) is 7.26. The van der Waals surface area contributed by atoms with Crippen LogP contribution in [0.25, 0.3) is 11.0 Å². The van der Waals surface area contributed by atoms with Crippen molar-refractivity contribution in [3.8, 4) is 0 Å². The summed E-state index contributed by atoms with van der Waals surface area (Å²) in [5.74, 6) is 0.819. The van der Waals surface area contributed by atoms with E-state index in [0.717, 1.165) is 30.0 Å². The molecule has 1 aromatic carbocycles. The van der Waals surface area contributed by atoms with Gasteiger partial charge in [-0.25, -0.2) is 0 Å². The molecular weight excluding hydrogens is 316 g/mol. The number of piperidine rings is 1. The van der Waals surface area contributed by atoms with Gasteiger partial charge in [0.25, 0.3) is 0 Å². The van der Waals surface area contributed by atoms with E-state index in [0.29, 0.717) is 6.04 Å². The van der Waals surface area contributed by atoms with Crippen molar-refractivity contribution >= 4 is 22.8 Å². The van der Waals surface area contributed by atoms with Gasteiger partial charge in [-0.2, -0.15) is 8.75 Å². The lowest BCUT2D eigenvalue weighted by molar-refractivity contribution is 0.146. The highest BCUT2D eigenvalue weighted by atomic mass is 32.1. The van der Waals surface area contributed by atoms with Gasteiger partial charge in [-0.05, 0) is 50.3 Å². The Balaban J connectivity index is 1.46. The first-order valence-corrected chi connectivity index (χ1v) is 9.71. The summed E-state index contributed by atoms with van der Waals surface area (Å²) in [6.45, 7) is 10.2. The fourth-order valence-electron chi connectivity index (χ4n) is 4.11. The molecule has 3 aliphatic heterocycles. The maximum absolute atomic E-state index is 4.38. The molecule has 24 heavy (non-hydrogen) atoms. The molecule has 0 radical (unpaired) electrons. The topological polar surface area (TPSA) is 32.3 Å². The Kier molecular flexibility index (Phi) is 4.66. The fourth-order valence-corrected chi connectivity index (χ4v) is 4.63. The second kappa shape index (κ2) is 6.90. The summed E-state index contributed by atoms with van der Waals surface area (Å²) in [5, 5.41) is 0. The molecular formula is C19H26N4S. The van der Waals surface area contributed by atoms with Gasteiger partial charge in [-0.1, -0.05) is 17.7 Å². The van der Waals surface area contributed by atoms with Gasteiger partial charge in [0, 0.05) is 38.8 Å². The third-order valence-electron chi connectivity index (χ3n) is 5.36. The van der Waals surface area contributed by atoms with Crippen LogP contribution in [-0.2, 0) is 6.54 Å². The van der Waals surface area contributed by atoms with Gasteiger partial charge in [0.2, 0.25) is 0 Å². The Labute approximate surface area is 148 Å². The highest BCUT2D eigenvalue weighted by Gasteiger charge is 2.34. The molecule has 3 saturated heterocycles. The van der Waals surface area contributed by atoms with Crippen molar-refractivity contribution in [2.24, 2.45) is 5.92 Å². The first-order valence-electron chi connectivity index (χ1n) is 8.98. The smallest absolute Gasteiger partial charge is 0.105 e. The van der Waals surface area contributed by atoms with Gasteiger partial charge in [-0.15, -0.1) is 0 Å². The lowest BCUT2D eigenvalue weighted by atomic mass is 9.95. The van der Waals surface area contributed by atoms with E-state index in [1.54, 1.807) is 0 Å². The third-order valence-corrected chi connectivity index (χ3v) is 5.92. The summed E-state index contributed by atoms with van der Waals surface area (Å²) >= 11 is 1.30. The van der Waals surface area contributed by atoms with Crippen molar-refractivity contribution in [2.75, 3.05) is 26.2 Å². The minimum absolute atomic E-state index is 0.712. The van der Waals surface area contributed by atoms with Crippen LogP contribution in [0.3, 0.4) is 0 Å². The zero-order valence-electron chi connectivity index (χ0n) is 14.6. The first kappa shape index (κ1) is 16.2. The fraction of sp³-hybridized carbons (Fsp3) is 0.579. The molecule has 0 unspecified atom stereocenters. The first-order chi connectivity index (χ1) is 11.7. The Bertz CT molecular complexity index is 734. The van der Waals surface area contributed by atoms with E-state index in [1.165, 1.54) is 55.3 Å². The highest BCUT2D eigenvalue weighted by Crippen LogP contribution is 2.29. The summed E-state index contributed by atoms with van der Waals surface area (Å²) < 4.78 is 8.69. The largest absolute Gasteiger partial charge is 0.297 e. The van der Waals surface area contributed by atoms with Crippen LogP contribution in [0.4, 0.5) is 0 Å². The molecule has 0 saturated carbocycles. The van der Waals surface area contributed by atoms with Crippen LogP contribution in [0, 0.1) is 5.92 Å². The van der Waals surface area contributed by atoms with E-state index in [9.17, 15) is 0 Å². The lowest BCUT2D eigenvalue weighted by Crippen LogP contribution is -2.43. The Morgan fingerprint density at radius 3 is 2.92 bits per heavy atom. The average Bonchev–Trinajstić information content (AvgIpc) is 2.85. The number of allylic oxidation sites excluding steroid dienone is 1. The van der Waals surface area contributed by atoms with Crippen molar-refractivity contribution in [1.29, 1.82) is 0 Å². The third kappa shape index (κ3) is 3.53. The van der Waals surface area contributed by atoms with Crippen molar-refractivity contribution in [2.45, 2.75) is 39.3 Å². The summed E-state index contributed by atoms with van der Waals surface area (Å²) in [7, 11) is 0. The van der Waals surface area contributed by atoms with E-state index < -0.39 is 0 Å². The second-order valence-corrected chi connectivity index (χ2v) is 8.14. The average molecular weight is 343 g/mol. The van der Waals surface area contributed by atoms with E-state index in [2.05, 4.69) is 56.7 Å². The van der Waals surface area contributed by atoms with Crippen molar-refractivity contribution < 1.29 is 0 Å². The molecule has 1 aromatic heterocycles. The molecule has 0 spiro atoms. The van der Waals surface area contributed by atoms with Gasteiger partial charge >= 0.3 is 0 Å². The molecule has 128 valence electrons. The van der Waals surface area contributed by atoms with Crippen LogP contribution < -0.4 is 0 Å². The number of aromatic nitrogens is 2. The zero-order chi connectivity index (χ0) is 16.5. The van der Waals surface area contributed by atoms with Gasteiger partial charge in [0.05, 0.1) is 11.7 Å². The maximum Gasteiger partial charge on any atom is 0.105 e. The lowest BCUT2D eigenvalue weighted by Gasteiger charge is -2.35. The molecule has 0 amide bonds. The van der Waals surface area contributed by atoms with Gasteiger partial charge < -0.3 is 0 Å². The summed E-state index contributed by atoms with van der Waals surface area (Å²) in [4.78, 5) is 5.36. The predicted molar refractivity (Wildman–Crippen MR) is 100 cm³/mol. The number of rotatable bonds is 4. The molecule has 0 aliphatic carbocycles. The summed E-state index contributed by atoms with van der Waals surface area (Å²) in [6.07, 6.45) is 5.13. The quantitative estimate of drug-likeness (QED) is 0.796. The van der Waals surface area contributed by atoms with E-state index in [1.807, 2.05) is 0 Å². The van der Waals surface area contributed by atoms with Gasteiger partial charge in [0.15, 0.2) is 0 Å². The molecule has 5 rings (SSSR count). The molecule has 0 N–H and O–H groups in total.